The number of benzene rings is 2. The van der Waals surface area contributed by atoms with Crippen LogP contribution in [0.3, 0.4) is 0 Å². The Kier molecular flexibility index (Phi) is 7.25. The van der Waals surface area contributed by atoms with E-state index in [9.17, 15) is 18.1 Å². The third-order valence-corrected chi connectivity index (χ3v) is 4.29. The van der Waals surface area contributed by atoms with Gasteiger partial charge in [0.2, 0.25) is 0 Å². The van der Waals surface area contributed by atoms with Gasteiger partial charge in [0.25, 0.3) is 0 Å². The molecule has 0 bridgehead atoms. The summed E-state index contributed by atoms with van der Waals surface area (Å²) in [5.74, 6) is 0. The van der Waals surface area contributed by atoms with Crippen molar-refractivity contribution in [1.29, 1.82) is 0 Å². The van der Waals surface area contributed by atoms with Crippen LogP contribution >= 0.6 is 0 Å². The van der Waals surface area contributed by atoms with Crippen LogP contribution in [0.25, 0.3) is 11.1 Å². The van der Waals surface area contributed by atoms with Gasteiger partial charge in [0.05, 0.1) is 0 Å². The largest absolute Gasteiger partial charge is 1.00 e. The average Bonchev–Trinajstić information content (AvgIpc) is 2.44. The standard InChI is InChI=1S/C16H18O4S.Na/c1-12-11-13(8-10-16(17)21(18,19)20)7-9-15(12)14-5-3-2-4-6-14;/h2-7,9,11,16-17H,8,10H2,1H3,(H,18,19,20);/q;+1/p-1. The molecule has 1 N–H and O–H groups in total. The fraction of sp³-hybridized carbons (Fsp3) is 0.250. The minimum absolute atomic E-state index is 0. The van der Waals surface area contributed by atoms with Crippen LogP contribution in [0.1, 0.15) is 17.5 Å². The summed E-state index contributed by atoms with van der Waals surface area (Å²) in [6.07, 6.45) is 0.258. The summed E-state index contributed by atoms with van der Waals surface area (Å²) >= 11 is 0. The first-order valence-corrected chi connectivity index (χ1v) is 8.13. The molecule has 2 rings (SSSR count). The molecule has 2 aromatic carbocycles. The van der Waals surface area contributed by atoms with Gasteiger partial charge < -0.3 is 9.66 Å². The Morgan fingerprint density at radius 1 is 1.14 bits per heavy atom. The van der Waals surface area contributed by atoms with Gasteiger partial charge in [-0.15, -0.1) is 0 Å². The maximum atomic E-state index is 10.7. The molecule has 1 atom stereocenters. The van der Waals surface area contributed by atoms with Crippen molar-refractivity contribution in [1.82, 2.24) is 0 Å². The average molecular weight is 328 g/mol. The van der Waals surface area contributed by atoms with E-state index in [0.29, 0.717) is 6.42 Å². The molecule has 0 aliphatic heterocycles. The predicted octanol–water partition coefficient (Wildman–Crippen LogP) is -0.538. The van der Waals surface area contributed by atoms with Crippen molar-refractivity contribution in [2.24, 2.45) is 0 Å². The summed E-state index contributed by atoms with van der Waals surface area (Å²) in [6.45, 7) is 1.98. The van der Waals surface area contributed by atoms with Crippen molar-refractivity contribution in [3.63, 3.8) is 0 Å². The number of aryl methyl sites for hydroxylation is 2. The zero-order valence-corrected chi connectivity index (χ0v) is 15.5. The van der Waals surface area contributed by atoms with E-state index >= 15 is 0 Å². The van der Waals surface area contributed by atoms with Crippen molar-refractivity contribution in [2.45, 2.75) is 25.2 Å². The van der Waals surface area contributed by atoms with Gasteiger partial charge in [0.15, 0.2) is 0 Å². The minimum atomic E-state index is -4.63. The topological polar surface area (TPSA) is 77.4 Å². The van der Waals surface area contributed by atoms with E-state index in [1.54, 1.807) is 0 Å². The quantitative estimate of drug-likeness (QED) is 0.591. The van der Waals surface area contributed by atoms with Crippen LogP contribution in [0.4, 0.5) is 0 Å². The summed E-state index contributed by atoms with van der Waals surface area (Å²) in [7, 11) is -4.63. The Morgan fingerprint density at radius 2 is 1.77 bits per heavy atom. The molecular formula is C16H17NaO4S. The molecule has 22 heavy (non-hydrogen) atoms. The second kappa shape index (κ2) is 8.24. The molecule has 0 aliphatic rings. The van der Waals surface area contributed by atoms with E-state index in [-0.39, 0.29) is 36.0 Å². The molecule has 0 radical (unpaired) electrons. The van der Waals surface area contributed by atoms with E-state index in [1.807, 2.05) is 55.5 Å². The Bertz CT molecular complexity index is 714. The second-order valence-corrected chi connectivity index (χ2v) is 6.53. The van der Waals surface area contributed by atoms with Crippen molar-refractivity contribution in [3.8, 4) is 11.1 Å². The normalized spacial score (nSPS) is 12.5. The number of aliphatic hydroxyl groups excluding tert-OH is 1. The Labute approximate surface area is 153 Å². The molecule has 0 spiro atoms. The van der Waals surface area contributed by atoms with Crippen molar-refractivity contribution >= 4 is 10.1 Å². The Morgan fingerprint density at radius 3 is 2.32 bits per heavy atom. The first kappa shape index (κ1) is 19.4. The van der Waals surface area contributed by atoms with Crippen LogP contribution in [0.15, 0.2) is 48.5 Å². The van der Waals surface area contributed by atoms with Gasteiger partial charge >= 0.3 is 29.6 Å². The molecule has 0 aliphatic carbocycles. The third-order valence-electron chi connectivity index (χ3n) is 3.39. The van der Waals surface area contributed by atoms with Gasteiger partial charge in [-0.25, -0.2) is 8.42 Å². The zero-order valence-electron chi connectivity index (χ0n) is 12.7. The van der Waals surface area contributed by atoms with E-state index in [2.05, 4.69) is 0 Å². The molecule has 0 saturated carbocycles. The van der Waals surface area contributed by atoms with Crippen molar-refractivity contribution < 1.29 is 47.6 Å². The van der Waals surface area contributed by atoms with Gasteiger partial charge in [0.1, 0.15) is 15.6 Å². The molecule has 0 amide bonds. The summed E-state index contributed by atoms with van der Waals surface area (Å²) in [4.78, 5) is 0. The molecule has 0 fully saturated rings. The van der Waals surface area contributed by atoms with Gasteiger partial charge in [-0.1, -0.05) is 48.5 Å². The summed E-state index contributed by atoms with van der Waals surface area (Å²) < 4.78 is 32.0. The third kappa shape index (κ3) is 5.19. The maximum absolute atomic E-state index is 10.7. The Balaban J connectivity index is 0.00000242. The molecular weight excluding hydrogens is 311 g/mol. The van der Waals surface area contributed by atoms with Crippen LogP contribution in [0, 0.1) is 6.92 Å². The van der Waals surface area contributed by atoms with Crippen LogP contribution in [0.2, 0.25) is 0 Å². The van der Waals surface area contributed by atoms with Gasteiger partial charge in [-0.3, -0.25) is 0 Å². The van der Waals surface area contributed by atoms with Gasteiger partial charge in [-0.05, 0) is 42.0 Å². The smallest absolute Gasteiger partial charge is 0.746 e. The fourth-order valence-electron chi connectivity index (χ4n) is 2.26. The molecule has 1 unspecified atom stereocenters. The summed E-state index contributed by atoms with van der Waals surface area (Å²) in [5, 5.41) is 9.25. The number of hydrogen-bond donors (Lipinski definition) is 1. The van der Waals surface area contributed by atoms with Crippen molar-refractivity contribution in [3.05, 3.63) is 59.7 Å². The van der Waals surface area contributed by atoms with Crippen LogP contribution in [-0.2, 0) is 16.5 Å². The SMILES string of the molecule is Cc1cc(CCC(O)S(=O)(=O)[O-])ccc1-c1ccccc1.[Na+]. The number of hydrogen-bond acceptors (Lipinski definition) is 4. The van der Waals surface area contributed by atoms with Crippen LogP contribution in [0.5, 0.6) is 0 Å². The van der Waals surface area contributed by atoms with Gasteiger partial charge in [0, 0.05) is 0 Å². The van der Waals surface area contributed by atoms with E-state index in [4.69, 9.17) is 0 Å². The maximum Gasteiger partial charge on any atom is 1.00 e. The Hall–Kier alpha value is -0.690. The fourth-order valence-corrected chi connectivity index (χ4v) is 2.66. The first-order valence-electron chi connectivity index (χ1n) is 6.65. The molecule has 0 saturated heterocycles. The van der Waals surface area contributed by atoms with E-state index in [1.165, 1.54) is 0 Å². The molecule has 2 aromatic rings. The molecule has 0 aromatic heterocycles. The van der Waals surface area contributed by atoms with E-state index in [0.717, 1.165) is 22.3 Å². The molecule has 112 valence electrons. The van der Waals surface area contributed by atoms with Crippen LogP contribution < -0.4 is 29.6 Å². The zero-order chi connectivity index (χ0) is 15.5. The monoisotopic (exact) mass is 328 g/mol. The number of rotatable bonds is 5. The second-order valence-electron chi connectivity index (χ2n) is 5.00. The van der Waals surface area contributed by atoms with E-state index < -0.39 is 15.6 Å². The molecule has 0 heterocycles. The first-order chi connectivity index (χ1) is 9.88. The summed E-state index contributed by atoms with van der Waals surface area (Å²) in [5.41, 5.74) is 2.35. The number of aliphatic hydroxyl groups is 1. The van der Waals surface area contributed by atoms with Crippen LogP contribution in [-0.4, -0.2) is 23.5 Å². The van der Waals surface area contributed by atoms with Crippen molar-refractivity contribution in [2.75, 3.05) is 0 Å². The molecule has 4 nitrogen and oxygen atoms in total. The minimum Gasteiger partial charge on any atom is -0.746 e. The summed E-state index contributed by atoms with van der Waals surface area (Å²) in [6, 6.07) is 15.8. The molecule has 6 heteroatoms. The van der Waals surface area contributed by atoms with Gasteiger partial charge in [-0.2, -0.15) is 0 Å². The predicted molar refractivity (Wildman–Crippen MR) is 80.6 cm³/mol.